The van der Waals surface area contributed by atoms with E-state index in [1.165, 1.54) is 0 Å². The van der Waals surface area contributed by atoms with E-state index in [2.05, 4.69) is 15.3 Å². The average molecular weight is 181 g/mol. The molecule has 0 saturated carbocycles. The van der Waals surface area contributed by atoms with E-state index in [4.69, 9.17) is 5.11 Å². The molecular formula is C8H11N3O2. The van der Waals surface area contributed by atoms with Gasteiger partial charge in [0.05, 0.1) is 0 Å². The Labute approximate surface area is 75.8 Å². The summed E-state index contributed by atoms with van der Waals surface area (Å²) in [6, 6.07) is 0. The summed E-state index contributed by atoms with van der Waals surface area (Å²) in [5.74, 6) is -0.0169. The second-order valence-electron chi connectivity index (χ2n) is 2.65. The van der Waals surface area contributed by atoms with Gasteiger partial charge in [0.15, 0.2) is 5.69 Å². The molecule has 0 bridgehead atoms. The number of carboxylic acid groups (broad SMARTS) is 1. The maximum absolute atomic E-state index is 10.7. The van der Waals surface area contributed by atoms with Crippen molar-refractivity contribution in [3.05, 3.63) is 17.1 Å². The first kappa shape index (κ1) is 9.44. The summed E-state index contributed by atoms with van der Waals surface area (Å²) in [5.41, 5.74) is 0.609. The molecule has 5 nitrogen and oxygen atoms in total. The lowest BCUT2D eigenvalue weighted by Gasteiger charge is -2.06. The number of carboxylic acids is 1. The maximum Gasteiger partial charge on any atom is 0.354 e. The molecule has 5 heteroatoms. The third-order valence-electron chi connectivity index (χ3n) is 1.70. The van der Waals surface area contributed by atoms with E-state index in [1.807, 2.05) is 0 Å². The van der Waals surface area contributed by atoms with E-state index in [-0.39, 0.29) is 5.69 Å². The van der Waals surface area contributed by atoms with Gasteiger partial charge in [-0.05, 0) is 13.8 Å². The number of aromatic carboxylic acids is 1. The summed E-state index contributed by atoms with van der Waals surface area (Å²) >= 11 is 0. The van der Waals surface area contributed by atoms with Gasteiger partial charge in [0.25, 0.3) is 0 Å². The number of anilines is 1. The number of aryl methyl sites for hydroxylation is 1. The zero-order valence-electron chi connectivity index (χ0n) is 7.75. The molecule has 0 unspecified atom stereocenters. The van der Waals surface area contributed by atoms with Crippen molar-refractivity contribution in [2.75, 3.05) is 12.4 Å². The summed E-state index contributed by atoms with van der Waals surface area (Å²) in [6.45, 7) is 3.33. The number of hydrogen-bond acceptors (Lipinski definition) is 4. The van der Waals surface area contributed by atoms with Gasteiger partial charge in [-0.25, -0.2) is 14.8 Å². The zero-order chi connectivity index (χ0) is 10.0. The highest BCUT2D eigenvalue weighted by molar-refractivity contribution is 5.88. The summed E-state index contributed by atoms with van der Waals surface area (Å²) in [6.07, 6.45) is 0. The van der Waals surface area contributed by atoms with Crippen LogP contribution in [0.5, 0.6) is 0 Å². The van der Waals surface area contributed by atoms with Crippen molar-refractivity contribution >= 4 is 11.8 Å². The number of rotatable bonds is 2. The lowest BCUT2D eigenvalue weighted by atomic mass is 10.2. The van der Waals surface area contributed by atoms with Gasteiger partial charge in [-0.2, -0.15) is 0 Å². The Kier molecular flexibility index (Phi) is 2.46. The van der Waals surface area contributed by atoms with Gasteiger partial charge in [0, 0.05) is 12.6 Å². The molecule has 0 atom stereocenters. The molecule has 0 aliphatic heterocycles. The number of nitrogens with one attached hydrogen (secondary N) is 1. The lowest BCUT2D eigenvalue weighted by Crippen LogP contribution is -2.09. The van der Waals surface area contributed by atoms with E-state index in [0.717, 1.165) is 0 Å². The van der Waals surface area contributed by atoms with Crippen LogP contribution in [0.1, 0.15) is 21.9 Å². The fourth-order valence-corrected chi connectivity index (χ4v) is 1.08. The van der Waals surface area contributed by atoms with Crippen LogP contribution in [0.25, 0.3) is 0 Å². The monoisotopic (exact) mass is 181 g/mol. The molecule has 70 valence electrons. The molecule has 2 N–H and O–H groups in total. The summed E-state index contributed by atoms with van der Waals surface area (Å²) in [5, 5.41) is 11.6. The molecule has 0 amide bonds. The Morgan fingerprint density at radius 3 is 2.46 bits per heavy atom. The Morgan fingerprint density at radius 1 is 1.38 bits per heavy atom. The van der Waals surface area contributed by atoms with Gasteiger partial charge in [0.1, 0.15) is 11.6 Å². The highest BCUT2D eigenvalue weighted by Gasteiger charge is 2.13. The lowest BCUT2D eigenvalue weighted by molar-refractivity contribution is 0.0689. The molecule has 13 heavy (non-hydrogen) atoms. The van der Waals surface area contributed by atoms with Crippen molar-refractivity contribution in [3.8, 4) is 0 Å². The van der Waals surface area contributed by atoms with Crippen molar-refractivity contribution in [2.24, 2.45) is 0 Å². The van der Waals surface area contributed by atoms with Crippen LogP contribution in [0.2, 0.25) is 0 Å². The number of aromatic nitrogens is 2. The zero-order valence-corrected chi connectivity index (χ0v) is 7.75. The molecule has 0 aromatic carbocycles. The molecular weight excluding hydrogens is 170 g/mol. The fraction of sp³-hybridized carbons (Fsp3) is 0.375. The maximum atomic E-state index is 10.7. The molecule has 0 aliphatic carbocycles. The standard InChI is InChI=1S/C8H11N3O2/c1-4-6(8(12)13)10-5(2)11-7(4)9-3/h1-3H3,(H,12,13)(H,9,10,11). The third-order valence-corrected chi connectivity index (χ3v) is 1.70. The van der Waals surface area contributed by atoms with E-state index < -0.39 is 5.97 Å². The van der Waals surface area contributed by atoms with Crippen molar-refractivity contribution in [2.45, 2.75) is 13.8 Å². The topological polar surface area (TPSA) is 75.1 Å². The molecule has 1 aromatic rings. The average Bonchev–Trinajstić information content (AvgIpc) is 2.08. The summed E-state index contributed by atoms with van der Waals surface area (Å²) in [7, 11) is 1.69. The second kappa shape index (κ2) is 3.38. The molecule has 0 spiro atoms. The largest absolute Gasteiger partial charge is 0.476 e. The third kappa shape index (κ3) is 1.74. The summed E-state index contributed by atoms with van der Waals surface area (Å²) in [4.78, 5) is 18.6. The predicted octanol–water partition coefficient (Wildman–Crippen LogP) is 0.833. The molecule has 0 radical (unpaired) electrons. The first-order chi connectivity index (χ1) is 6.06. The van der Waals surface area contributed by atoms with Crippen LogP contribution in [-0.4, -0.2) is 28.1 Å². The number of hydrogen-bond donors (Lipinski definition) is 2. The van der Waals surface area contributed by atoms with Crippen LogP contribution in [0, 0.1) is 13.8 Å². The summed E-state index contributed by atoms with van der Waals surface area (Å²) < 4.78 is 0. The first-order valence-electron chi connectivity index (χ1n) is 3.82. The Hall–Kier alpha value is -1.65. The number of nitrogens with zero attached hydrogens (tertiary/aromatic N) is 2. The van der Waals surface area contributed by atoms with Crippen LogP contribution in [0.15, 0.2) is 0 Å². The minimum Gasteiger partial charge on any atom is -0.476 e. The van der Waals surface area contributed by atoms with Crippen molar-refractivity contribution in [3.63, 3.8) is 0 Å². The Balaban J connectivity index is 3.35. The van der Waals surface area contributed by atoms with Gasteiger partial charge in [-0.1, -0.05) is 0 Å². The molecule has 1 rings (SSSR count). The second-order valence-corrected chi connectivity index (χ2v) is 2.65. The minimum absolute atomic E-state index is 0.0526. The van der Waals surface area contributed by atoms with E-state index in [0.29, 0.717) is 17.2 Å². The smallest absolute Gasteiger partial charge is 0.354 e. The van der Waals surface area contributed by atoms with Gasteiger partial charge in [-0.15, -0.1) is 0 Å². The van der Waals surface area contributed by atoms with Crippen LogP contribution < -0.4 is 5.32 Å². The van der Waals surface area contributed by atoms with Gasteiger partial charge < -0.3 is 10.4 Å². The molecule has 1 heterocycles. The van der Waals surface area contributed by atoms with Crippen molar-refractivity contribution in [1.82, 2.24) is 9.97 Å². The molecule has 1 aromatic heterocycles. The van der Waals surface area contributed by atoms with Crippen LogP contribution in [-0.2, 0) is 0 Å². The molecule has 0 saturated heterocycles. The Morgan fingerprint density at radius 2 is 2.00 bits per heavy atom. The molecule has 0 fully saturated rings. The highest BCUT2D eigenvalue weighted by Crippen LogP contribution is 2.14. The van der Waals surface area contributed by atoms with Crippen molar-refractivity contribution < 1.29 is 9.90 Å². The quantitative estimate of drug-likeness (QED) is 0.706. The van der Waals surface area contributed by atoms with Gasteiger partial charge in [0.2, 0.25) is 0 Å². The molecule has 0 aliphatic rings. The van der Waals surface area contributed by atoms with E-state index in [1.54, 1.807) is 20.9 Å². The Bertz CT molecular complexity index is 349. The SMILES string of the molecule is CNc1nc(C)nc(C(=O)O)c1C. The van der Waals surface area contributed by atoms with E-state index in [9.17, 15) is 4.79 Å². The predicted molar refractivity (Wildman–Crippen MR) is 48.0 cm³/mol. The number of carbonyl (C=O) groups is 1. The normalized spacial score (nSPS) is 9.77. The minimum atomic E-state index is -1.03. The van der Waals surface area contributed by atoms with E-state index >= 15 is 0 Å². The van der Waals surface area contributed by atoms with Crippen molar-refractivity contribution in [1.29, 1.82) is 0 Å². The van der Waals surface area contributed by atoms with Gasteiger partial charge in [-0.3, -0.25) is 0 Å². The van der Waals surface area contributed by atoms with Gasteiger partial charge >= 0.3 is 5.97 Å². The highest BCUT2D eigenvalue weighted by atomic mass is 16.4. The van der Waals surface area contributed by atoms with Crippen LogP contribution in [0.4, 0.5) is 5.82 Å². The fourth-order valence-electron chi connectivity index (χ4n) is 1.08. The van der Waals surface area contributed by atoms with Crippen LogP contribution >= 0.6 is 0 Å². The first-order valence-corrected chi connectivity index (χ1v) is 3.82. The van der Waals surface area contributed by atoms with Crippen LogP contribution in [0.3, 0.4) is 0 Å².